The number of hydrogen-bond donors (Lipinski definition) is 0. The quantitative estimate of drug-likeness (QED) is 0.735. The van der Waals surface area contributed by atoms with E-state index in [1.165, 1.54) is 0 Å². The topological polar surface area (TPSA) is 68.3 Å². The smallest absolute Gasteiger partial charge is 0.243 e. The monoisotopic (exact) mass is 338 g/mol. The normalized spacial score (nSPS) is 18.0. The number of aromatic nitrogens is 5. The molecule has 3 aromatic rings. The number of fused-ring (bicyclic) bond motifs is 1. The lowest BCUT2D eigenvalue weighted by molar-refractivity contribution is -0.135. The predicted molar refractivity (Wildman–Crippen MR) is 93.0 cm³/mol. The van der Waals surface area contributed by atoms with E-state index < -0.39 is 0 Å². The third-order valence-corrected chi connectivity index (χ3v) is 4.98. The first-order chi connectivity index (χ1) is 12.1. The van der Waals surface area contributed by atoms with Crippen LogP contribution in [-0.4, -0.2) is 41.3 Å². The summed E-state index contributed by atoms with van der Waals surface area (Å²) in [4.78, 5) is 28.1. The standard InChI is InChI=1S/C18H22N6O/c1-13-11-15(21-18-20-7-10-23(13)18)16-5-3-4-8-24(16)17(25)12-22-9-6-19-14(22)2/h6-7,9-11,16H,3-5,8,12H2,1-2H3/t16-/m0/s1. The van der Waals surface area contributed by atoms with Crippen LogP contribution in [0.1, 0.15) is 42.5 Å². The second kappa shape index (κ2) is 6.31. The predicted octanol–water partition coefficient (Wildman–Crippen LogP) is 2.30. The highest BCUT2D eigenvalue weighted by molar-refractivity contribution is 5.76. The fourth-order valence-corrected chi connectivity index (χ4v) is 3.60. The molecule has 130 valence electrons. The SMILES string of the molecule is Cc1nccn1CC(=O)N1CCCC[C@H]1c1cc(C)n2ccnc2n1. The van der Waals surface area contributed by atoms with E-state index in [1.54, 1.807) is 12.4 Å². The molecule has 0 radical (unpaired) electrons. The molecular weight excluding hydrogens is 316 g/mol. The van der Waals surface area contributed by atoms with Crippen LogP contribution in [0.25, 0.3) is 5.78 Å². The molecule has 0 bridgehead atoms. The number of imidazole rings is 2. The molecule has 1 aliphatic heterocycles. The van der Waals surface area contributed by atoms with Gasteiger partial charge in [-0.3, -0.25) is 9.20 Å². The summed E-state index contributed by atoms with van der Waals surface area (Å²) >= 11 is 0. The highest BCUT2D eigenvalue weighted by atomic mass is 16.2. The summed E-state index contributed by atoms with van der Waals surface area (Å²) in [6, 6.07) is 2.10. The summed E-state index contributed by atoms with van der Waals surface area (Å²) in [5, 5.41) is 0. The number of nitrogens with zero attached hydrogens (tertiary/aromatic N) is 6. The fourth-order valence-electron chi connectivity index (χ4n) is 3.60. The molecule has 1 saturated heterocycles. The van der Waals surface area contributed by atoms with E-state index in [-0.39, 0.29) is 11.9 Å². The largest absolute Gasteiger partial charge is 0.333 e. The first-order valence-electron chi connectivity index (χ1n) is 8.71. The van der Waals surface area contributed by atoms with Gasteiger partial charge in [0.15, 0.2) is 0 Å². The number of amides is 1. The van der Waals surface area contributed by atoms with Crippen LogP contribution in [0.3, 0.4) is 0 Å². The zero-order valence-electron chi connectivity index (χ0n) is 14.6. The Labute approximate surface area is 146 Å². The lowest BCUT2D eigenvalue weighted by Crippen LogP contribution is -2.40. The van der Waals surface area contributed by atoms with Crippen LogP contribution >= 0.6 is 0 Å². The number of likely N-dealkylation sites (tertiary alicyclic amines) is 1. The number of piperidine rings is 1. The van der Waals surface area contributed by atoms with Gasteiger partial charge in [0.1, 0.15) is 12.4 Å². The van der Waals surface area contributed by atoms with Crippen LogP contribution in [0.15, 0.2) is 30.9 Å². The van der Waals surface area contributed by atoms with Crippen molar-refractivity contribution in [2.45, 2.75) is 45.7 Å². The van der Waals surface area contributed by atoms with E-state index in [0.29, 0.717) is 12.3 Å². The Balaban J connectivity index is 1.63. The Hall–Kier alpha value is -2.70. The first-order valence-corrected chi connectivity index (χ1v) is 8.71. The molecule has 7 heteroatoms. The van der Waals surface area contributed by atoms with Gasteiger partial charge >= 0.3 is 0 Å². The molecule has 1 atom stereocenters. The van der Waals surface area contributed by atoms with Gasteiger partial charge in [-0.25, -0.2) is 15.0 Å². The molecule has 25 heavy (non-hydrogen) atoms. The number of carbonyl (C=O) groups is 1. The average Bonchev–Trinajstić information content (AvgIpc) is 3.24. The van der Waals surface area contributed by atoms with Crippen molar-refractivity contribution in [3.63, 3.8) is 0 Å². The highest BCUT2D eigenvalue weighted by Gasteiger charge is 2.29. The Morgan fingerprint density at radius 1 is 1.20 bits per heavy atom. The number of carbonyl (C=O) groups excluding carboxylic acids is 1. The molecule has 4 heterocycles. The summed E-state index contributed by atoms with van der Waals surface area (Å²) in [6.45, 7) is 5.06. The molecule has 0 aromatic carbocycles. The van der Waals surface area contributed by atoms with Crippen LogP contribution in [0.2, 0.25) is 0 Å². The van der Waals surface area contributed by atoms with Gasteiger partial charge in [0.05, 0.1) is 11.7 Å². The van der Waals surface area contributed by atoms with Gasteiger partial charge in [-0.2, -0.15) is 0 Å². The third-order valence-electron chi connectivity index (χ3n) is 4.98. The summed E-state index contributed by atoms with van der Waals surface area (Å²) in [6.07, 6.45) is 10.3. The molecule has 0 N–H and O–H groups in total. The lowest BCUT2D eigenvalue weighted by Gasteiger charge is -2.35. The molecule has 1 fully saturated rings. The number of aryl methyl sites for hydroxylation is 2. The second-order valence-corrected chi connectivity index (χ2v) is 6.62. The Kier molecular flexibility index (Phi) is 3.99. The van der Waals surface area contributed by atoms with E-state index in [4.69, 9.17) is 4.98 Å². The van der Waals surface area contributed by atoms with Gasteiger partial charge in [-0.05, 0) is 39.2 Å². The van der Waals surface area contributed by atoms with Crippen molar-refractivity contribution in [2.24, 2.45) is 0 Å². The van der Waals surface area contributed by atoms with Crippen LogP contribution < -0.4 is 0 Å². The zero-order valence-corrected chi connectivity index (χ0v) is 14.6. The minimum atomic E-state index is 0.0190. The minimum Gasteiger partial charge on any atom is -0.333 e. The highest BCUT2D eigenvalue weighted by Crippen LogP contribution is 2.30. The van der Waals surface area contributed by atoms with E-state index in [0.717, 1.165) is 43.0 Å². The zero-order chi connectivity index (χ0) is 17.4. The second-order valence-electron chi connectivity index (χ2n) is 6.62. The van der Waals surface area contributed by atoms with Crippen molar-refractivity contribution in [3.05, 3.63) is 48.1 Å². The van der Waals surface area contributed by atoms with Crippen molar-refractivity contribution in [2.75, 3.05) is 6.54 Å². The molecule has 0 unspecified atom stereocenters. The third kappa shape index (κ3) is 2.90. The Morgan fingerprint density at radius 3 is 2.84 bits per heavy atom. The molecule has 1 aliphatic rings. The van der Waals surface area contributed by atoms with Crippen molar-refractivity contribution in [1.82, 2.24) is 28.8 Å². The summed E-state index contributed by atoms with van der Waals surface area (Å²) < 4.78 is 3.86. The van der Waals surface area contributed by atoms with Crippen LogP contribution in [0.5, 0.6) is 0 Å². The molecular formula is C18H22N6O. The van der Waals surface area contributed by atoms with Gasteiger partial charge in [0, 0.05) is 37.0 Å². The van der Waals surface area contributed by atoms with Crippen molar-refractivity contribution >= 4 is 11.7 Å². The average molecular weight is 338 g/mol. The van der Waals surface area contributed by atoms with Gasteiger partial charge in [-0.1, -0.05) is 0 Å². The maximum Gasteiger partial charge on any atom is 0.243 e. The molecule has 4 rings (SSSR count). The maximum absolute atomic E-state index is 12.9. The lowest BCUT2D eigenvalue weighted by atomic mass is 9.98. The van der Waals surface area contributed by atoms with E-state index >= 15 is 0 Å². The molecule has 3 aromatic heterocycles. The number of rotatable bonds is 3. The maximum atomic E-state index is 12.9. The van der Waals surface area contributed by atoms with Crippen molar-refractivity contribution < 1.29 is 4.79 Å². The van der Waals surface area contributed by atoms with Crippen LogP contribution in [0, 0.1) is 13.8 Å². The summed E-state index contributed by atoms with van der Waals surface area (Å²) in [5.41, 5.74) is 2.02. The van der Waals surface area contributed by atoms with Gasteiger partial charge in [-0.15, -0.1) is 0 Å². The molecule has 0 saturated carbocycles. The van der Waals surface area contributed by atoms with Gasteiger partial charge in [0.25, 0.3) is 0 Å². The van der Waals surface area contributed by atoms with E-state index in [2.05, 4.69) is 16.0 Å². The Bertz CT molecular complexity index is 911. The van der Waals surface area contributed by atoms with E-state index in [9.17, 15) is 4.79 Å². The molecule has 0 spiro atoms. The van der Waals surface area contributed by atoms with E-state index in [1.807, 2.05) is 40.1 Å². The molecule has 0 aliphatic carbocycles. The van der Waals surface area contributed by atoms with Crippen LogP contribution in [-0.2, 0) is 11.3 Å². The summed E-state index contributed by atoms with van der Waals surface area (Å²) in [5.74, 6) is 1.67. The van der Waals surface area contributed by atoms with Crippen LogP contribution in [0.4, 0.5) is 0 Å². The number of hydrogen-bond acceptors (Lipinski definition) is 4. The molecule has 1 amide bonds. The van der Waals surface area contributed by atoms with Gasteiger partial charge < -0.3 is 9.47 Å². The minimum absolute atomic E-state index is 0.0190. The first kappa shape index (κ1) is 15.8. The fraction of sp³-hybridized carbons (Fsp3) is 0.444. The molecule has 7 nitrogen and oxygen atoms in total. The van der Waals surface area contributed by atoms with Gasteiger partial charge in [0.2, 0.25) is 11.7 Å². The van der Waals surface area contributed by atoms with Crippen molar-refractivity contribution in [1.29, 1.82) is 0 Å². The summed E-state index contributed by atoms with van der Waals surface area (Å²) in [7, 11) is 0. The van der Waals surface area contributed by atoms with Crippen molar-refractivity contribution in [3.8, 4) is 0 Å². The Morgan fingerprint density at radius 2 is 2.04 bits per heavy atom.